The molecule has 0 saturated carbocycles. The van der Waals surface area contributed by atoms with Gasteiger partial charge in [-0.15, -0.1) is 0 Å². The molecule has 21 heavy (non-hydrogen) atoms. The molecule has 0 saturated heterocycles. The van der Waals surface area contributed by atoms with Crippen molar-refractivity contribution in [3.63, 3.8) is 0 Å². The molecule has 0 aromatic carbocycles. The van der Waals surface area contributed by atoms with Gasteiger partial charge in [0.05, 0.1) is 6.61 Å². The molecule has 10 N–H and O–H groups in total. The minimum Gasteiger partial charge on any atom is -0.394 e. The molecular formula is C10H19NO10. The summed E-state index contributed by atoms with van der Waals surface area (Å²) in [4.78, 5) is 22.1. The smallest absolute Gasteiger partial charge is 0.249 e. The van der Waals surface area contributed by atoms with Crippen LogP contribution in [-0.2, 0) is 9.59 Å². The third-order valence-corrected chi connectivity index (χ3v) is 2.78. The Bertz CT molecular complexity index is 364. The van der Waals surface area contributed by atoms with E-state index < -0.39 is 61.0 Å². The van der Waals surface area contributed by atoms with Gasteiger partial charge in [0.1, 0.15) is 36.6 Å². The predicted octanol–water partition coefficient (Wildman–Crippen LogP) is -6.44. The lowest BCUT2D eigenvalue weighted by atomic mass is 9.94. The molecule has 124 valence electrons. The highest BCUT2D eigenvalue weighted by atomic mass is 16.4. The Morgan fingerprint density at radius 1 is 0.762 bits per heavy atom. The van der Waals surface area contributed by atoms with Crippen molar-refractivity contribution in [2.45, 2.75) is 42.7 Å². The number of primary amides is 1. The number of carbonyl (C=O) groups is 2. The van der Waals surface area contributed by atoms with Crippen LogP contribution in [0.2, 0.25) is 0 Å². The van der Waals surface area contributed by atoms with Crippen molar-refractivity contribution in [3.8, 4) is 0 Å². The highest BCUT2D eigenvalue weighted by Gasteiger charge is 2.41. The zero-order valence-electron chi connectivity index (χ0n) is 10.7. The van der Waals surface area contributed by atoms with Gasteiger partial charge >= 0.3 is 0 Å². The zero-order chi connectivity index (χ0) is 16.9. The van der Waals surface area contributed by atoms with Crippen LogP contribution in [-0.4, -0.2) is 102 Å². The highest BCUT2D eigenvalue weighted by Crippen LogP contribution is 2.11. The molecule has 0 bridgehead atoms. The Hall–Kier alpha value is -1.18. The van der Waals surface area contributed by atoms with E-state index in [4.69, 9.17) is 15.3 Å². The van der Waals surface area contributed by atoms with E-state index >= 15 is 0 Å². The maximum Gasteiger partial charge on any atom is 0.249 e. The number of ketones is 1. The average Bonchev–Trinajstić information content (AvgIpc) is 2.48. The highest BCUT2D eigenvalue weighted by molar-refractivity contribution is 5.89. The summed E-state index contributed by atoms with van der Waals surface area (Å²) in [6.07, 6.45) is -15.9. The number of amides is 1. The van der Waals surface area contributed by atoms with E-state index in [1.54, 1.807) is 0 Å². The second-order valence-electron chi connectivity index (χ2n) is 4.36. The number of Topliss-reactive ketones (excluding diaryl/α,β-unsaturated/α-hetero) is 1. The van der Waals surface area contributed by atoms with Crippen LogP contribution in [0.3, 0.4) is 0 Å². The minimum atomic E-state index is -2.49. The molecule has 1 amide bonds. The Balaban J connectivity index is 4.87. The van der Waals surface area contributed by atoms with Gasteiger partial charge in [0.2, 0.25) is 5.91 Å². The lowest BCUT2D eigenvalue weighted by Crippen LogP contribution is -2.55. The summed E-state index contributed by atoms with van der Waals surface area (Å²) in [6, 6.07) is 0. The summed E-state index contributed by atoms with van der Waals surface area (Å²) < 4.78 is 0. The standard InChI is InChI=1S/C10H19NO10/c11-10(21)9(20)8(19)7(18)6(17)5(16)4(15)3(14)2(13)1-12/h2-5,7-9,12-16,18-20H,1H2,(H2,11,21)/t2-,3-,4+,5-,7-,8+,9-/m1/s1. The number of hydrogen-bond donors (Lipinski definition) is 9. The molecule has 0 aromatic rings. The van der Waals surface area contributed by atoms with Gasteiger partial charge in [-0.1, -0.05) is 0 Å². The lowest BCUT2D eigenvalue weighted by Gasteiger charge is -2.27. The largest absolute Gasteiger partial charge is 0.394 e. The van der Waals surface area contributed by atoms with Crippen molar-refractivity contribution < 1.29 is 50.4 Å². The van der Waals surface area contributed by atoms with E-state index in [9.17, 15) is 35.1 Å². The van der Waals surface area contributed by atoms with Crippen molar-refractivity contribution in [1.82, 2.24) is 0 Å². The van der Waals surface area contributed by atoms with Crippen LogP contribution in [0.4, 0.5) is 0 Å². The van der Waals surface area contributed by atoms with Crippen LogP contribution in [0.25, 0.3) is 0 Å². The Morgan fingerprint density at radius 3 is 1.57 bits per heavy atom. The van der Waals surface area contributed by atoms with Crippen LogP contribution in [0.1, 0.15) is 0 Å². The number of nitrogens with two attached hydrogens (primary N) is 1. The summed E-state index contributed by atoms with van der Waals surface area (Å²) in [5.41, 5.74) is 4.63. The molecule has 0 rings (SSSR count). The zero-order valence-corrected chi connectivity index (χ0v) is 10.7. The first-order valence-electron chi connectivity index (χ1n) is 5.76. The van der Waals surface area contributed by atoms with E-state index in [0.717, 1.165) is 0 Å². The van der Waals surface area contributed by atoms with Gasteiger partial charge in [-0.05, 0) is 0 Å². The van der Waals surface area contributed by atoms with E-state index in [-0.39, 0.29) is 0 Å². The second-order valence-corrected chi connectivity index (χ2v) is 4.36. The molecule has 11 nitrogen and oxygen atoms in total. The van der Waals surface area contributed by atoms with Crippen LogP contribution in [0, 0.1) is 0 Å². The van der Waals surface area contributed by atoms with Gasteiger partial charge in [-0.2, -0.15) is 0 Å². The second kappa shape index (κ2) is 8.31. The maximum absolute atomic E-state index is 11.5. The monoisotopic (exact) mass is 313 g/mol. The molecule has 0 spiro atoms. The summed E-state index contributed by atoms with van der Waals surface area (Å²) in [5.74, 6) is -3.08. The van der Waals surface area contributed by atoms with E-state index in [0.29, 0.717) is 0 Å². The van der Waals surface area contributed by atoms with Gasteiger partial charge in [-0.3, -0.25) is 9.59 Å². The van der Waals surface area contributed by atoms with Gasteiger partial charge in [0, 0.05) is 0 Å². The van der Waals surface area contributed by atoms with Crippen molar-refractivity contribution in [2.75, 3.05) is 6.61 Å². The first-order valence-corrected chi connectivity index (χ1v) is 5.76. The third kappa shape index (κ3) is 4.94. The van der Waals surface area contributed by atoms with Crippen molar-refractivity contribution >= 4 is 11.7 Å². The molecule has 0 aliphatic heterocycles. The van der Waals surface area contributed by atoms with Crippen LogP contribution in [0.15, 0.2) is 0 Å². The normalized spacial score (nSPS) is 21.7. The minimum absolute atomic E-state index is 0.981. The Morgan fingerprint density at radius 2 is 1.19 bits per heavy atom. The molecule has 0 unspecified atom stereocenters. The molecule has 0 aliphatic carbocycles. The number of aliphatic hydroxyl groups is 8. The van der Waals surface area contributed by atoms with Gasteiger partial charge < -0.3 is 46.6 Å². The van der Waals surface area contributed by atoms with Crippen molar-refractivity contribution in [1.29, 1.82) is 0 Å². The molecule has 0 heterocycles. The third-order valence-electron chi connectivity index (χ3n) is 2.78. The topological polar surface area (TPSA) is 222 Å². The number of hydrogen-bond acceptors (Lipinski definition) is 10. The maximum atomic E-state index is 11.5. The number of aliphatic hydroxyl groups excluding tert-OH is 8. The summed E-state index contributed by atoms with van der Waals surface area (Å²) in [5, 5.41) is 73.4. The van der Waals surface area contributed by atoms with Crippen LogP contribution < -0.4 is 5.73 Å². The van der Waals surface area contributed by atoms with E-state index in [1.807, 2.05) is 0 Å². The molecule has 0 fully saturated rings. The molecule has 0 aliphatic rings. The summed E-state index contributed by atoms with van der Waals surface area (Å²) in [7, 11) is 0. The molecule has 0 radical (unpaired) electrons. The summed E-state index contributed by atoms with van der Waals surface area (Å²) in [6.45, 7) is -0.981. The van der Waals surface area contributed by atoms with Gasteiger partial charge in [-0.25, -0.2) is 0 Å². The van der Waals surface area contributed by atoms with Gasteiger partial charge in [0.25, 0.3) is 0 Å². The van der Waals surface area contributed by atoms with Crippen LogP contribution >= 0.6 is 0 Å². The van der Waals surface area contributed by atoms with Gasteiger partial charge in [0.15, 0.2) is 11.9 Å². The lowest BCUT2D eigenvalue weighted by molar-refractivity contribution is -0.164. The molecule has 7 atom stereocenters. The first kappa shape index (κ1) is 19.8. The SMILES string of the molecule is NC(=O)[C@H](O)[C@@H](O)[C@H](O)C(=O)[C@H](O)[C@@H](O)[C@H](O)[C@H](O)CO. The Kier molecular flexibility index (Phi) is 7.84. The summed E-state index contributed by atoms with van der Waals surface area (Å²) >= 11 is 0. The fraction of sp³-hybridized carbons (Fsp3) is 0.800. The number of carbonyl (C=O) groups excluding carboxylic acids is 2. The molecule has 11 heteroatoms. The fourth-order valence-electron chi connectivity index (χ4n) is 1.37. The van der Waals surface area contributed by atoms with E-state index in [2.05, 4.69) is 5.73 Å². The predicted molar refractivity (Wildman–Crippen MR) is 63.3 cm³/mol. The average molecular weight is 313 g/mol. The van der Waals surface area contributed by atoms with Crippen molar-refractivity contribution in [2.24, 2.45) is 5.73 Å². The van der Waals surface area contributed by atoms with Crippen molar-refractivity contribution in [3.05, 3.63) is 0 Å². The number of rotatable bonds is 9. The first-order chi connectivity index (χ1) is 9.56. The molecule has 0 aromatic heterocycles. The molecular weight excluding hydrogens is 294 g/mol. The fourth-order valence-corrected chi connectivity index (χ4v) is 1.37. The quantitative estimate of drug-likeness (QED) is 0.196. The Labute approximate surface area is 118 Å². The van der Waals surface area contributed by atoms with E-state index in [1.165, 1.54) is 0 Å². The van der Waals surface area contributed by atoms with Crippen LogP contribution in [0.5, 0.6) is 0 Å².